The molecule has 37 heavy (non-hydrogen) atoms. The first-order valence-corrected chi connectivity index (χ1v) is 13.8. The highest BCUT2D eigenvalue weighted by Crippen LogP contribution is 2.35. The summed E-state index contributed by atoms with van der Waals surface area (Å²) in [6.45, 7) is 0.533. The van der Waals surface area contributed by atoms with Crippen molar-refractivity contribution in [3.05, 3.63) is 112 Å². The van der Waals surface area contributed by atoms with Gasteiger partial charge in [0.05, 0.1) is 10.6 Å². The Kier molecular flexibility index (Phi) is 7.11. The largest absolute Gasteiger partial charge is 0.455 e. The fourth-order valence-corrected chi connectivity index (χ4v) is 5.69. The monoisotopic (exact) mass is 552 g/mol. The lowest BCUT2D eigenvalue weighted by Crippen LogP contribution is -2.35. The Balaban J connectivity index is 1.43. The Labute approximate surface area is 225 Å². The number of anilines is 2. The first-order valence-electron chi connectivity index (χ1n) is 11.6. The molecule has 0 saturated heterocycles. The van der Waals surface area contributed by atoms with Gasteiger partial charge in [0.25, 0.3) is 15.9 Å². The van der Waals surface area contributed by atoms with Crippen molar-refractivity contribution >= 4 is 50.5 Å². The number of aryl methyl sites for hydroxylation is 1. The van der Waals surface area contributed by atoms with Crippen molar-refractivity contribution in [2.75, 3.05) is 16.2 Å². The third-order valence-electron chi connectivity index (χ3n) is 5.95. The Morgan fingerprint density at radius 1 is 0.865 bits per heavy atom. The number of benzene rings is 4. The minimum atomic E-state index is -3.98. The molecule has 6 nitrogen and oxygen atoms in total. The van der Waals surface area contributed by atoms with Crippen LogP contribution in [-0.4, -0.2) is 20.9 Å². The number of sulfonamides is 1. The Morgan fingerprint density at radius 3 is 2.43 bits per heavy atom. The molecular weight excluding hydrogens is 531 g/mol. The number of fused-ring (bicyclic) bond motifs is 1. The van der Waals surface area contributed by atoms with E-state index in [0.717, 1.165) is 5.56 Å². The molecule has 4 aromatic rings. The molecule has 188 valence electrons. The van der Waals surface area contributed by atoms with Gasteiger partial charge in [-0.05, 0) is 85.1 Å². The molecule has 1 aliphatic rings. The smallest absolute Gasteiger partial charge is 0.262 e. The summed E-state index contributed by atoms with van der Waals surface area (Å²) in [5.41, 5.74) is 2.15. The van der Waals surface area contributed by atoms with Crippen LogP contribution in [0.15, 0.2) is 95.9 Å². The van der Waals surface area contributed by atoms with Crippen LogP contribution >= 0.6 is 23.2 Å². The zero-order chi connectivity index (χ0) is 26.0. The van der Waals surface area contributed by atoms with E-state index in [-0.39, 0.29) is 16.5 Å². The summed E-state index contributed by atoms with van der Waals surface area (Å²) in [5.74, 6) is 0.692. The van der Waals surface area contributed by atoms with E-state index in [4.69, 9.17) is 27.9 Å². The Morgan fingerprint density at radius 2 is 1.65 bits per heavy atom. The lowest BCUT2D eigenvalue weighted by molar-refractivity contribution is 0.0985. The molecule has 1 amide bonds. The fraction of sp³-hybridized carbons (Fsp3) is 0.107. The maximum Gasteiger partial charge on any atom is 0.262 e. The van der Waals surface area contributed by atoms with Crippen molar-refractivity contribution in [2.45, 2.75) is 17.7 Å². The predicted octanol–water partition coefficient (Wildman–Crippen LogP) is 7.18. The van der Waals surface area contributed by atoms with E-state index in [1.54, 1.807) is 65.6 Å². The zero-order valence-corrected chi connectivity index (χ0v) is 21.9. The molecule has 0 unspecified atom stereocenters. The summed E-state index contributed by atoms with van der Waals surface area (Å²) < 4.78 is 35.2. The van der Waals surface area contributed by atoms with Crippen molar-refractivity contribution in [1.82, 2.24) is 0 Å². The topological polar surface area (TPSA) is 75.7 Å². The van der Waals surface area contributed by atoms with Gasteiger partial charge >= 0.3 is 0 Å². The molecule has 1 N–H and O–H groups in total. The maximum atomic E-state index is 13.4. The second kappa shape index (κ2) is 10.5. The van der Waals surface area contributed by atoms with Gasteiger partial charge in [0.15, 0.2) is 5.75 Å². The van der Waals surface area contributed by atoms with Crippen LogP contribution in [0.4, 0.5) is 11.4 Å². The highest BCUT2D eigenvalue weighted by molar-refractivity contribution is 7.92. The van der Waals surface area contributed by atoms with E-state index < -0.39 is 10.0 Å². The summed E-state index contributed by atoms with van der Waals surface area (Å²) in [4.78, 5) is 14.9. The maximum absolute atomic E-state index is 13.4. The molecule has 5 rings (SSSR count). The van der Waals surface area contributed by atoms with E-state index >= 15 is 0 Å². The summed E-state index contributed by atoms with van der Waals surface area (Å²) >= 11 is 12.2. The minimum Gasteiger partial charge on any atom is -0.455 e. The lowest BCUT2D eigenvalue weighted by atomic mass is 10.0. The van der Waals surface area contributed by atoms with E-state index in [0.29, 0.717) is 52.2 Å². The number of amides is 1. The molecule has 1 aliphatic heterocycles. The van der Waals surface area contributed by atoms with Crippen LogP contribution in [-0.2, 0) is 16.4 Å². The van der Waals surface area contributed by atoms with Gasteiger partial charge in [-0.2, -0.15) is 0 Å². The third-order valence-corrected chi connectivity index (χ3v) is 7.79. The molecule has 0 bridgehead atoms. The number of halogens is 2. The molecule has 0 aromatic heterocycles. The van der Waals surface area contributed by atoms with E-state index in [9.17, 15) is 13.2 Å². The zero-order valence-electron chi connectivity index (χ0n) is 19.5. The van der Waals surface area contributed by atoms with Crippen LogP contribution in [0.1, 0.15) is 22.3 Å². The van der Waals surface area contributed by atoms with Gasteiger partial charge < -0.3 is 9.64 Å². The second-order valence-corrected chi connectivity index (χ2v) is 11.1. The standard InChI is InChI=1S/C28H22Cl2N2O4S/c29-21-8-4-6-20(16-21)28(33)32-15-5-7-19-17-24(12-13-26(19)32)37(34,35)31-25-18-22(30)11-14-27(25)36-23-9-2-1-3-10-23/h1-4,6,8-14,16-18,31H,5,7,15H2. The van der Waals surface area contributed by atoms with Gasteiger partial charge in [-0.1, -0.05) is 47.5 Å². The van der Waals surface area contributed by atoms with E-state index in [2.05, 4.69) is 4.72 Å². The van der Waals surface area contributed by atoms with Gasteiger partial charge in [-0.25, -0.2) is 8.42 Å². The van der Waals surface area contributed by atoms with Gasteiger partial charge in [-0.3, -0.25) is 9.52 Å². The number of nitrogens with zero attached hydrogens (tertiary/aromatic N) is 1. The number of nitrogens with one attached hydrogen (secondary N) is 1. The molecule has 0 radical (unpaired) electrons. The van der Waals surface area contributed by atoms with Crippen molar-refractivity contribution < 1.29 is 17.9 Å². The number of ether oxygens (including phenoxy) is 1. The molecule has 0 aliphatic carbocycles. The molecule has 9 heteroatoms. The van der Waals surface area contributed by atoms with Crippen molar-refractivity contribution in [2.24, 2.45) is 0 Å². The second-order valence-electron chi connectivity index (χ2n) is 8.52. The highest BCUT2D eigenvalue weighted by atomic mass is 35.5. The number of carbonyl (C=O) groups excluding carboxylic acids is 1. The predicted molar refractivity (Wildman–Crippen MR) is 147 cm³/mol. The van der Waals surface area contributed by atoms with Gasteiger partial charge in [0.2, 0.25) is 0 Å². The molecule has 0 atom stereocenters. The van der Waals surface area contributed by atoms with Crippen LogP contribution in [0.3, 0.4) is 0 Å². The number of rotatable bonds is 6. The number of hydrogen-bond donors (Lipinski definition) is 1. The summed E-state index contributed by atoms with van der Waals surface area (Å²) in [5, 5.41) is 0.839. The minimum absolute atomic E-state index is 0.0777. The SMILES string of the molecule is O=C(c1cccc(Cl)c1)N1CCCc2cc(S(=O)(=O)Nc3cc(Cl)ccc3Oc3ccccc3)ccc21. The quantitative estimate of drug-likeness (QED) is 0.275. The Bertz CT molecular complexity index is 1580. The first-order chi connectivity index (χ1) is 17.8. The molecule has 0 saturated carbocycles. The van der Waals surface area contributed by atoms with E-state index in [1.807, 2.05) is 18.2 Å². The van der Waals surface area contributed by atoms with Crippen molar-refractivity contribution in [1.29, 1.82) is 0 Å². The first kappa shape index (κ1) is 25.1. The van der Waals surface area contributed by atoms with Crippen molar-refractivity contribution in [3.8, 4) is 11.5 Å². The van der Waals surface area contributed by atoms with Crippen molar-refractivity contribution in [3.63, 3.8) is 0 Å². The summed E-state index contributed by atoms with van der Waals surface area (Å²) in [7, 11) is -3.98. The van der Waals surface area contributed by atoms with Crippen LogP contribution in [0.5, 0.6) is 11.5 Å². The van der Waals surface area contributed by atoms with E-state index in [1.165, 1.54) is 12.1 Å². The number of para-hydroxylation sites is 1. The molecule has 1 heterocycles. The van der Waals surface area contributed by atoms with Crippen LogP contribution in [0, 0.1) is 0 Å². The van der Waals surface area contributed by atoms with Gasteiger partial charge in [0.1, 0.15) is 5.75 Å². The molecular formula is C28H22Cl2N2O4S. The van der Waals surface area contributed by atoms with Crippen LogP contribution < -0.4 is 14.4 Å². The number of carbonyl (C=O) groups is 1. The number of hydrogen-bond acceptors (Lipinski definition) is 4. The van der Waals surface area contributed by atoms with Gasteiger partial charge in [0, 0.05) is 27.8 Å². The van der Waals surface area contributed by atoms with Crippen LogP contribution in [0.25, 0.3) is 0 Å². The molecule has 0 fully saturated rings. The van der Waals surface area contributed by atoms with Gasteiger partial charge in [-0.15, -0.1) is 0 Å². The third kappa shape index (κ3) is 5.59. The average molecular weight is 553 g/mol. The molecule has 4 aromatic carbocycles. The highest BCUT2D eigenvalue weighted by Gasteiger charge is 2.26. The van der Waals surface area contributed by atoms with Crippen LogP contribution in [0.2, 0.25) is 10.0 Å². The summed E-state index contributed by atoms with van der Waals surface area (Å²) in [6.07, 6.45) is 1.36. The Hall–Kier alpha value is -3.52. The fourth-order valence-electron chi connectivity index (χ4n) is 4.22. The summed E-state index contributed by atoms with van der Waals surface area (Å²) in [6, 6.07) is 25.3. The molecule has 0 spiro atoms. The lowest BCUT2D eigenvalue weighted by Gasteiger charge is -2.30. The normalized spacial score (nSPS) is 13.1. The average Bonchev–Trinajstić information content (AvgIpc) is 2.89.